The van der Waals surface area contributed by atoms with E-state index in [1.54, 1.807) is 0 Å². The smallest absolute Gasteiger partial charge is 0.230 e. The summed E-state index contributed by atoms with van der Waals surface area (Å²) in [6.07, 6.45) is 5.04. The number of thioether (sulfide) groups is 1. The van der Waals surface area contributed by atoms with Gasteiger partial charge in [0.15, 0.2) is 5.16 Å². The number of rotatable bonds is 4. The van der Waals surface area contributed by atoms with Crippen LogP contribution in [0.3, 0.4) is 0 Å². The van der Waals surface area contributed by atoms with Crippen LogP contribution in [0.5, 0.6) is 0 Å². The van der Waals surface area contributed by atoms with Crippen molar-refractivity contribution < 1.29 is 4.79 Å². The van der Waals surface area contributed by atoms with Gasteiger partial charge in [0.25, 0.3) is 0 Å². The van der Waals surface area contributed by atoms with Crippen LogP contribution >= 0.6 is 11.8 Å². The fraction of sp³-hybridized carbons (Fsp3) is 0.750. The van der Waals surface area contributed by atoms with Crippen molar-refractivity contribution in [1.29, 1.82) is 0 Å². The Bertz CT molecular complexity index is 381. The first kappa shape index (κ1) is 13.4. The number of carbonyl (C=O) groups excluding carboxylic acids is 1. The van der Waals surface area contributed by atoms with Gasteiger partial charge in [-0.05, 0) is 18.3 Å². The summed E-state index contributed by atoms with van der Waals surface area (Å²) in [6.45, 7) is 4.50. The van der Waals surface area contributed by atoms with E-state index in [4.69, 9.17) is 0 Å². The number of nitrogens with zero attached hydrogens (tertiary/aromatic N) is 2. The lowest BCUT2D eigenvalue weighted by molar-refractivity contribution is -0.120. The van der Waals surface area contributed by atoms with Crippen LogP contribution in [0, 0.1) is 11.8 Å². The predicted octanol–water partition coefficient (Wildman–Crippen LogP) is 1.84. The third-order valence-electron chi connectivity index (χ3n) is 3.79. The van der Waals surface area contributed by atoms with E-state index in [1.807, 2.05) is 0 Å². The van der Waals surface area contributed by atoms with Gasteiger partial charge in [0, 0.05) is 6.04 Å². The molecular weight excluding hydrogens is 248 g/mol. The lowest BCUT2D eigenvalue weighted by Gasteiger charge is -2.34. The van der Waals surface area contributed by atoms with Gasteiger partial charge in [0.05, 0.1) is 5.75 Å². The highest BCUT2D eigenvalue weighted by atomic mass is 32.2. The fourth-order valence-corrected chi connectivity index (χ4v) is 3.02. The second kappa shape index (κ2) is 6.22. The minimum absolute atomic E-state index is 0.0855. The number of amides is 1. The number of hydrogen-bond acceptors (Lipinski definition) is 4. The summed E-state index contributed by atoms with van der Waals surface area (Å²) in [5.74, 6) is 1.75. The van der Waals surface area contributed by atoms with Crippen LogP contribution in [0.15, 0.2) is 11.5 Å². The molecule has 6 heteroatoms. The molecule has 0 spiro atoms. The zero-order valence-corrected chi connectivity index (χ0v) is 11.7. The van der Waals surface area contributed by atoms with Gasteiger partial charge in [-0.1, -0.05) is 38.5 Å². The van der Waals surface area contributed by atoms with Crippen LogP contribution in [-0.4, -0.2) is 32.9 Å². The average Bonchev–Trinajstić information content (AvgIpc) is 2.86. The molecule has 1 amide bonds. The number of nitrogens with one attached hydrogen (secondary N) is 2. The Morgan fingerprint density at radius 2 is 2.39 bits per heavy atom. The minimum Gasteiger partial charge on any atom is -0.352 e. The summed E-state index contributed by atoms with van der Waals surface area (Å²) < 4.78 is 0. The van der Waals surface area contributed by atoms with Crippen molar-refractivity contribution in [2.45, 2.75) is 44.3 Å². The molecule has 2 rings (SSSR count). The SMILES string of the molecule is C[C@H]1[C@@H](NC(=O)CSc2ncn[nH]2)CCC[C@@H]1C. The third kappa shape index (κ3) is 3.48. The van der Waals surface area contributed by atoms with Gasteiger partial charge in [-0.15, -0.1) is 0 Å². The van der Waals surface area contributed by atoms with E-state index >= 15 is 0 Å². The number of H-pyrrole nitrogens is 1. The van der Waals surface area contributed by atoms with Crippen molar-refractivity contribution >= 4 is 17.7 Å². The first-order valence-electron chi connectivity index (χ1n) is 6.44. The highest BCUT2D eigenvalue weighted by molar-refractivity contribution is 7.99. The monoisotopic (exact) mass is 268 g/mol. The molecule has 2 N–H and O–H groups in total. The molecule has 1 aromatic rings. The molecule has 1 aliphatic carbocycles. The molecular formula is C12H20N4OS. The number of aromatic amines is 1. The van der Waals surface area contributed by atoms with Gasteiger partial charge in [-0.3, -0.25) is 9.89 Å². The first-order valence-corrected chi connectivity index (χ1v) is 7.43. The van der Waals surface area contributed by atoms with Gasteiger partial charge >= 0.3 is 0 Å². The largest absolute Gasteiger partial charge is 0.352 e. The van der Waals surface area contributed by atoms with E-state index in [2.05, 4.69) is 34.3 Å². The first-order chi connectivity index (χ1) is 8.66. The molecule has 100 valence electrons. The molecule has 0 radical (unpaired) electrons. The Hall–Kier alpha value is -1.04. The summed E-state index contributed by atoms with van der Waals surface area (Å²) in [5.41, 5.74) is 0. The van der Waals surface area contributed by atoms with E-state index in [0.29, 0.717) is 28.8 Å². The number of hydrogen-bond donors (Lipinski definition) is 2. The van der Waals surface area contributed by atoms with Gasteiger partial charge in [-0.25, -0.2) is 4.98 Å². The Kier molecular flexibility index (Phi) is 4.63. The fourth-order valence-electron chi connectivity index (χ4n) is 2.43. The molecule has 1 aliphatic rings. The van der Waals surface area contributed by atoms with Crippen molar-refractivity contribution in [3.63, 3.8) is 0 Å². The quantitative estimate of drug-likeness (QED) is 0.817. The molecule has 5 nitrogen and oxygen atoms in total. The normalized spacial score (nSPS) is 28.0. The van der Waals surface area contributed by atoms with Crippen molar-refractivity contribution in [3.8, 4) is 0 Å². The van der Waals surface area contributed by atoms with E-state index < -0.39 is 0 Å². The number of carbonyl (C=O) groups is 1. The van der Waals surface area contributed by atoms with Gasteiger partial charge in [0.2, 0.25) is 5.91 Å². The van der Waals surface area contributed by atoms with Gasteiger partial charge in [0.1, 0.15) is 6.33 Å². The standard InChI is InChI=1S/C12H20N4OS/c1-8-4-3-5-10(9(8)2)15-11(17)6-18-12-13-7-14-16-12/h7-10H,3-6H2,1-2H3,(H,15,17)(H,13,14,16)/t8-,9+,10-/m0/s1. The molecule has 0 aliphatic heterocycles. The Labute approximate surface area is 112 Å². The average molecular weight is 268 g/mol. The Morgan fingerprint density at radius 1 is 1.56 bits per heavy atom. The molecule has 0 aromatic carbocycles. The second-order valence-electron chi connectivity index (χ2n) is 5.02. The molecule has 18 heavy (non-hydrogen) atoms. The third-order valence-corrected chi connectivity index (χ3v) is 4.66. The van der Waals surface area contributed by atoms with Gasteiger partial charge in [-0.2, -0.15) is 5.10 Å². The van der Waals surface area contributed by atoms with Crippen LogP contribution < -0.4 is 5.32 Å². The molecule has 0 bridgehead atoms. The Morgan fingerprint density at radius 3 is 3.11 bits per heavy atom. The summed E-state index contributed by atoms with van der Waals surface area (Å²) in [4.78, 5) is 15.8. The lowest BCUT2D eigenvalue weighted by atomic mass is 9.78. The van der Waals surface area contributed by atoms with E-state index in [0.717, 1.165) is 6.42 Å². The van der Waals surface area contributed by atoms with Crippen LogP contribution in [0.25, 0.3) is 0 Å². The molecule has 1 heterocycles. The molecule has 0 saturated heterocycles. The van der Waals surface area contributed by atoms with E-state index in [1.165, 1.54) is 30.9 Å². The van der Waals surface area contributed by atoms with Crippen LogP contribution in [0.4, 0.5) is 0 Å². The summed E-state index contributed by atoms with van der Waals surface area (Å²) in [5, 5.41) is 10.3. The summed E-state index contributed by atoms with van der Waals surface area (Å²) in [7, 11) is 0. The molecule has 0 unspecified atom stereocenters. The topological polar surface area (TPSA) is 70.7 Å². The van der Waals surface area contributed by atoms with E-state index in [9.17, 15) is 4.79 Å². The zero-order chi connectivity index (χ0) is 13.0. The molecule has 1 aromatic heterocycles. The predicted molar refractivity (Wildman–Crippen MR) is 71.2 cm³/mol. The summed E-state index contributed by atoms with van der Waals surface area (Å²) in [6, 6.07) is 0.330. The molecule has 1 saturated carbocycles. The molecule has 3 atom stereocenters. The van der Waals surface area contributed by atoms with Crippen molar-refractivity contribution in [2.75, 3.05) is 5.75 Å². The van der Waals surface area contributed by atoms with Gasteiger partial charge < -0.3 is 5.32 Å². The highest BCUT2D eigenvalue weighted by Gasteiger charge is 2.27. The van der Waals surface area contributed by atoms with Crippen LogP contribution in [0.2, 0.25) is 0 Å². The summed E-state index contributed by atoms with van der Waals surface area (Å²) >= 11 is 1.38. The maximum absolute atomic E-state index is 11.9. The Balaban J connectivity index is 1.76. The maximum Gasteiger partial charge on any atom is 0.230 e. The highest BCUT2D eigenvalue weighted by Crippen LogP contribution is 2.29. The second-order valence-corrected chi connectivity index (χ2v) is 5.98. The van der Waals surface area contributed by atoms with Crippen LogP contribution in [-0.2, 0) is 4.79 Å². The lowest BCUT2D eigenvalue weighted by Crippen LogP contribution is -2.44. The minimum atomic E-state index is 0.0855. The van der Waals surface area contributed by atoms with Crippen molar-refractivity contribution in [1.82, 2.24) is 20.5 Å². The van der Waals surface area contributed by atoms with E-state index in [-0.39, 0.29) is 5.91 Å². The maximum atomic E-state index is 11.9. The number of aromatic nitrogens is 3. The van der Waals surface area contributed by atoms with Crippen molar-refractivity contribution in [2.24, 2.45) is 11.8 Å². The zero-order valence-electron chi connectivity index (χ0n) is 10.8. The van der Waals surface area contributed by atoms with Crippen LogP contribution in [0.1, 0.15) is 33.1 Å². The van der Waals surface area contributed by atoms with Crippen molar-refractivity contribution in [3.05, 3.63) is 6.33 Å². The molecule has 1 fully saturated rings.